The van der Waals surface area contributed by atoms with Gasteiger partial charge in [-0.2, -0.15) is 0 Å². The molecule has 4 bridgehead atoms. The fourth-order valence-corrected chi connectivity index (χ4v) is 4.94. The van der Waals surface area contributed by atoms with Crippen molar-refractivity contribution in [3.05, 3.63) is 10.1 Å². The van der Waals surface area contributed by atoms with Crippen molar-refractivity contribution < 1.29 is 14.6 Å². The van der Waals surface area contributed by atoms with Crippen molar-refractivity contribution in [2.75, 3.05) is 6.61 Å². The Hall–Kier alpha value is -1.33. The largest absolute Gasteiger partial charge is 0.468 e. The van der Waals surface area contributed by atoms with Crippen LogP contribution in [0.3, 0.4) is 0 Å². The molecule has 4 saturated carbocycles. The lowest BCUT2D eigenvalue weighted by Gasteiger charge is -2.56. The maximum absolute atomic E-state index is 12.0. The summed E-state index contributed by atoms with van der Waals surface area (Å²) in [4.78, 5) is 23.3. The normalized spacial score (nSPS) is 39.1. The van der Waals surface area contributed by atoms with Crippen LogP contribution >= 0.6 is 0 Å². The molecule has 0 unspecified atom stereocenters. The molecule has 4 aliphatic carbocycles. The van der Waals surface area contributed by atoms with Gasteiger partial charge in [0.15, 0.2) is 5.03 Å². The van der Waals surface area contributed by atoms with E-state index in [0.717, 1.165) is 24.3 Å². The molecule has 6 nitrogen and oxygen atoms in total. The Morgan fingerprint density at radius 2 is 1.74 bits per heavy atom. The van der Waals surface area contributed by atoms with Gasteiger partial charge in [-0.15, -0.1) is 0 Å². The minimum atomic E-state index is -0.783. The Morgan fingerprint density at radius 3 is 2.11 bits per heavy atom. The molecule has 19 heavy (non-hydrogen) atoms. The Morgan fingerprint density at radius 1 is 1.26 bits per heavy atom. The number of nitrogens with zero attached hydrogens (tertiary/aromatic N) is 2. The quantitative estimate of drug-likeness (QED) is 0.582. The van der Waals surface area contributed by atoms with Crippen LogP contribution in [0.25, 0.3) is 0 Å². The van der Waals surface area contributed by atoms with E-state index >= 15 is 0 Å². The lowest BCUT2D eigenvalue weighted by atomic mass is 9.53. The third kappa shape index (κ3) is 1.97. The Bertz CT molecular complexity index is 374. The predicted octanol–water partition coefficient (Wildman–Crippen LogP) is 2.61. The predicted molar refractivity (Wildman–Crippen MR) is 66.8 cm³/mol. The van der Waals surface area contributed by atoms with Crippen molar-refractivity contribution in [2.24, 2.45) is 17.8 Å². The molecule has 0 aromatic carbocycles. The van der Waals surface area contributed by atoms with E-state index < -0.39 is 16.7 Å². The maximum Gasteiger partial charge on any atom is 0.468 e. The van der Waals surface area contributed by atoms with E-state index in [1.807, 2.05) is 0 Å². The summed E-state index contributed by atoms with van der Waals surface area (Å²) < 4.78 is 4.90. The summed E-state index contributed by atoms with van der Waals surface area (Å²) in [5, 5.41) is 11.6. The molecule has 0 aliphatic heterocycles. The first-order chi connectivity index (χ1) is 9.04. The van der Waals surface area contributed by atoms with E-state index in [9.17, 15) is 14.9 Å². The van der Waals surface area contributed by atoms with Crippen molar-refractivity contribution in [3.8, 4) is 0 Å². The van der Waals surface area contributed by atoms with Crippen LogP contribution in [0.2, 0.25) is 0 Å². The van der Waals surface area contributed by atoms with E-state index in [-0.39, 0.29) is 6.61 Å². The number of hydrogen-bond donors (Lipinski definition) is 0. The Balaban J connectivity index is 1.89. The number of rotatable bonds is 3. The zero-order valence-corrected chi connectivity index (χ0v) is 11.2. The third-order valence-corrected chi connectivity index (χ3v) is 5.06. The highest BCUT2D eigenvalue weighted by molar-refractivity contribution is 5.67. The van der Waals surface area contributed by atoms with E-state index in [1.165, 1.54) is 19.3 Å². The van der Waals surface area contributed by atoms with Crippen molar-refractivity contribution in [1.29, 1.82) is 0 Å². The highest BCUT2D eigenvalue weighted by atomic mass is 16.7. The smallest absolute Gasteiger partial charge is 0.446 e. The molecule has 0 aromatic heterocycles. The molecule has 0 atom stereocenters. The zero-order chi connectivity index (χ0) is 13.6. The van der Waals surface area contributed by atoms with Crippen molar-refractivity contribution in [3.63, 3.8) is 0 Å². The number of hydrogen-bond acceptors (Lipinski definition) is 4. The maximum atomic E-state index is 12.0. The number of carbonyl (C=O) groups is 1. The summed E-state index contributed by atoms with van der Waals surface area (Å²) in [5.41, 5.74) is -0.579. The average molecular weight is 268 g/mol. The van der Waals surface area contributed by atoms with Gasteiger partial charge in [0.05, 0.1) is 6.61 Å². The van der Waals surface area contributed by atoms with Crippen LogP contribution in [0, 0.1) is 27.9 Å². The van der Waals surface area contributed by atoms with E-state index in [0.29, 0.717) is 17.8 Å². The minimum absolute atomic E-state index is 0.176. The van der Waals surface area contributed by atoms with Gasteiger partial charge in [0, 0.05) is 0 Å². The van der Waals surface area contributed by atoms with Crippen LogP contribution < -0.4 is 0 Å². The standard InChI is InChI=1S/C13H20N2O4/c1-2-19-12(16)14(15(17)18)13-6-9-3-10(7-13)5-11(4-9)8-13/h9-11H,2-8H2,1H3. The highest BCUT2D eigenvalue weighted by Crippen LogP contribution is 2.57. The summed E-state index contributed by atoms with van der Waals surface area (Å²) in [6, 6.07) is 0. The molecule has 4 aliphatic rings. The topological polar surface area (TPSA) is 72.7 Å². The first kappa shape index (κ1) is 12.7. The molecule has 4 fully saturated rings. The molecule has 4 rings (SSSR count). The number of amides is 1. The van der Waals surface area contributed by atoms with Crippen molar-refractivity contribution in [2.45, 2.75) is 51.0 Å². The van der Waals surface area contributed by atoms with Gasteiger partial charge < -0.3 is 4.74 Å². The molecule has 0 spiro atoms. The van der Waals surface area contributed by atoms with E-state index in [4.69, 9.17) is 4.74 Å². The molecular weight excluding hydrogens is 248 g/mol. The number of hydrazine groups is 1. The first-order valence-corrected chi connectivity index (χ1v) is 7.15. The summed E-state index contributed by atoms with van der Waals surface area (Å²) in [6.45, 7) is 1.85. The molecule has 106 valence electrons. The molecule has 1 amide bonds. The fourth-order valence-electron chi connectivity index (χ4n) is 4.94. The molecule has 0 saturated heterocycles. The van der Waals surface area contributed by atoms with Gasteiger partial charge in [-0.25, -0.2) is 14.9 Å². The second kappa shape index (κ2) is 4.35. The Labute approximate surface area is 112 Å². The SMILES string of the molecule is CCOC(=O)N([N+](=O)[O-])C12CC3CC(CC(C3)C1)C2. The Kier molecular flexibility index (Phi) is 2.91. The molecule has 6 heteroatoms. The van der Waals surface area contributed by atoms with Crippen LogP contribution in [0.4, 0.5) is 4.79 Å². The zero-order valence-electron chi connectivity index (χ0n) is 11.2. The van der Waals surface area contributed by atoms with Gasteiger partial charge in [0.2, 0.25) is 0 Å². The van der Waals surface area contributed by atoms with Crippen molar-refractivity contribution >= 4 is 6.09 Å². The summed E-state index contributed by atoms with van der Waals surface area (Å²) in [5.74, 6) is 1.68. The lowest BCUT2D eigenvalue weighted by Crippen LogP contribution is -2.63. The summed E-state index contributed by atoms with van der Waals surface area (Å²) >= 11 is 0. The summed E-state index contributed by atoms with van der Waals surface area (Å²) in [6.07, 6.45) is 5.11. The van der Waals surface area contributed by atoms with E-state index in [1.54, 1.807) is 6.92 Å². The molecule has 0 radical (unpaired) electrons. The number of carbonyl (C=O) groups excluding carboxylic acids is 1. The monoisotopic (exact) mass is 268 g/mol. The second-order valence-corrected chi connectivity index (χ2v) is 6.39. The first-order valence-electron chi connectivity index (χ1n) is 7.15. The van der Waals surface area contributed by atoms with Gasteiger partial charge >= 0.3 is 6.09 Å². The second-order valence-electron chi connectivity index (χ2n) is 6.39. The van der Waals surface area contributed by atoms with Gasteiger partial charge in [-0.3, -0.25) is 0 Å². The average Bonchev–Trinajstić information content (AvgIpc) is 2.25. The van der Waals surface area contributed by atoms with Crippen LogP contribution in [0.5, 0.6) is 0 Å². The minimum Gasteiger partial charge on any atom is -0.446 e. The van der Waals surface area contributed by atoms with Gasteiger partial charge in [-0.05, 0) is 68.2 Å². The molecule has 0 heterocycles. The number of nitro groups is 1. The highest BCUT2D eigenvalue weighted by Gasteiger charge is 2.59. The van der Waals surface area contributed by atoms with Crippen LogP contribution in [0.1, 0.15) is 45.4 Å². The van der Waals surface area contributed by atoms with Gasteiger partial charge in [0.1, 0.15) is 5.54 Å². The lowest BCUT2D eigenvalue weighted by molar-refractivity contribution is -0.658. The molecular formula is C13H20N2O4. The summed E-state index contributed by atoms with van der Waals surface area (Å²) in [7, 11) is 0. The van der Waals surface area contributed by atoms with Crippen LogP contribution in [-0.2, 0) is 4.74 Å². The number of ether oxygens (including phenoxy) is 1. The fraction of sp³-hybridized carbons (Fsp3) is 0.923. The van der Waals surface area contributed by atoms with Gasteiger partial charge in [0.25, 0.3) is 0 Å². The van der Waals surface area contributed by atoms with Crippen molar-refractivity contribution in [1.82, 2.24) is 5.01 Å². The van der Waals surface area contributed by atoms with Crippen LogP contribution in [0.15, 0.2) is 0 Å². The van der Waals surface area contributed by atoms with Crippen LogP contribution in [-0.4, -0.2) is 28.3 Å². The third-order valence-electron chi connectivity index (χ3n) is 5.06. The van der Waals surface area contributed by atoms with Gasteiger partial charge in [-0.1, -0.05) is 0 Å². The van der Waals surface area contributed by atoms with E-state index in [2.05, 4.69) is 0 Å². The molecule has 0 N–H and O–H groups in total. The molecule has 0 aromatic rings.